The zero-order chi connectivity index (χ0) is 21.4. The molecule has 0 saturated heterocycles. The Morgan fingerprint density at radius 1 is 0.833 bits per heavy atom. The average molecular weight is 420 g/mol. The largest absolute Gasteiger partial charge is 0.480 e. The van der Waals surface area contributed by atoms with Crippen molar-refractivity contribution in [3.63, 3.8) is 0 Å². The third-order valence-electron chi connectivity index (χ3n) is 4.96. The fourth-order valence-corrected chi connectivity index (χ4v) is 5.00. The van der Waals surface area contributed by atoms with Gasteiger partial charge in [-0.2, -0.15) is 0 Å². The zero-order valence-electron chi connectivity index (χ0n) is 16.8. The van der Waals surface area contributed by atoms with Gasteiger partial charge in [0.1, 0.15) is 6.04 Å². The quantitative estimate of drug-likeness (QED) is 0.494. The second kappa shape index (κ2) is 10.1. The first-order valence-electron chi connectivity index (χ1n) is 9.90. The Morgan fingerprint density at radius 2 is 1.23 bits per heavy atom. The van der Waals surface area contributed by atoms with Gasteiger partial charge in [0.05, 0.1) is 4.75 Å². The smallest absolute Gasteiger partial charge is 0.327 e. The van der Waals surface area contributed by atoms with Crippen molar-refractivity contribution in [3.05, 3.63) is 108 Å². The molecule has 0 heterocycles. The van der Waals surface area contributed by atoms with Crippen molar-refractivity contribution in [2.45, 2.75) is 24.1 Å². The molecule has 154 valence electrons. The molecule has 3 rings (SSSR count). The highest BCUT2D eigenvalue weighted by atomic mass is 32.2. The molecule has 1 amide bonds. The lowest BCUT2D eigenvalue weighted by Gasteiger charge is -2.36. The van der Waals surface area contributed by atoms with Gasteiger partial charge in [0.15, 0.2) is 0 Å². The summed E-state index contributed by atoms with van der Waals surface area (Å²) in [5.74, 6) is -1.08. The molecule has 3 aromatic rings. The molecule has 0 saturated carbocycles. The van der Waals surface area contributed by atoms with E-state index in [1.165, 1.54) is 11.8 Å². The summed E-state index contributed by atoms with van der Waals surface area (Å²) in [4.78, 5) is 23.7. The summed E-state index contributed by atoms with van der Waals surface area (Å²) < 4.78 is -0.617. The molecular weight excluding hydrogens is 394 g/mol. The molecule has 3 aromatic carbocycles. The highest BCUT2D eigenvalue weighted by molar-refractivity contribution is 8.00. The van der Waals surface area contributed by atoms with E-state index in [4.69, 9.17) is 0 Å². The van der Waals surface area contributed by atoms with E-state index in [1.54, 1.807) is 6.92 Å². The van der Waals surface area contributed by atoms with E-state index in [0.717, 1.165) is 16.7 Å². The van der Waals surface area contributed by atoms with Gasteiger partial charge in [-0.3, -0.25) is 4.79 Å². The Hall–Kier alpha value is -3.05. The lowest BCUT2D eigenvalue weighted by Crippen LogP contribution is -2.43. The van der Waals surface area contributed by atoms with Gasteiger partial charge in [0.25, 0.3) is 0 Å². The third-order valence-corrected chi connectivity index (χ3v) is 6.60. The Kier molecular flexibility index (Phi) is 7.31. The van der Waals surface area contributed by atoms with Crippen molar-refractivity contribution >= 4 is 23.6 Å². The van der Waals surface area contributed by atoms with Crippen LogP contribution in [0.4, 0.5) is 0 Å². The Labute approximate surface area is 181 Å². The Bertz CT molecular complexity index is 865. The maximum absolute atomic E-state index is 11.9. The zero-order valence-corrected chi connectivity index (χ0v) is 17.6. The predicted octanol–water partition coefficient (Wildman–Crippen LogP) is 4.69. The van der Waals surface area contributed by atoms with Crippen LogP contribution < -0.4 is 5.32 Å². The van der Waals surface area contributed by atoms with Crippen LogP contribution in [-0.4, -0.2) is 28.8 Å². The molecule has 0 bridgehead atoms. The molecule has 0 radical (unpaired) electrons. The fraction of sp³-hybridized carbons (Fsp3) is 0.200. The molecule has 0 aliphatic carbocycles. The molecule has 2 N–H and O–H groups in total. The van der Waals surface area contributed by atoms with Crippen LogP contribution in [0.2, 0.25) is 0 Å². The number of rotatable bonds is 9. The molecule has 30 heavy (non-hydrogen) atoms. The maximum Gasteiger partial charge on any atom is 0.327 e. The van der Waals surface area contributed by atoms with Crippen LogP contribution in [0.5, 0.6) is 0 Å². The summed E-state index contributed by atoms with van der Waals surface area (Å²) in [7, 11) is 0. The highest BCUT2D eigenvalue weighted by Gasteiger charge is 2.38. The predicted molar refractivity (Wildman–Crippen MR) is 122 cm³/mol. The number of carbonyl (C=O) groups is 2. The first-order valence-corrected chi connectivity index (χ1v) is 10.9. The summed E-state index contributed by atoms with van der Waals surface area (Å²) in [6.07, 6.45) is 0.246. The van der Waals surface area contributed by atoms with Crippen molar-refractivity contribution in [2.75, 3.05) is 5.75 Å². The fourth-order valence-electron chi connectivity index (χ4n) is 3.45. The number of benzene rings is 3. The molecule has 1 unspecified atom stereocenters. The highest BCUT2D eigenvalue weighted by Crippen LogP contribution is 2.48. The van der Waals surface area contributed by atoms with Crippen LogP contribution in [0.1, 0.15) is 30.0 Å². The van der Waals surface area contributed by atoms with Gasteiger partial charge in [0.2, 0.25) is 5.91 Å². The Balaban J connectivity index is 2.11. The van der Waals surface area contributed by atoms with Crippen molar-refractivity contribution in [3.8, 4) is 0 Å². The lowest BCUT2D eigenvalue weighted by molar-refractivity contribution is -0.141. The molecule has 1 atom stereocenters. The first kappa shape index (κ1) is 21.7. The van der Waals surface area contributed by atoms with Gasteiger partial charge < -0.3 is 10.4 Å². The van der Waals surface area contributed by atoms with Crippen molar-refractivity contribution in [1.29, 1.82) is 0 Å². The van der Waals surface area contributed by atoms with E-state index < -0.39 is 16.8 Å². The number of hydrogen-bond donors (Lipinski definition) is 2. The van der Waals surface area contributed by atoms with E-state index in [2.05, 4.69) is 41.7 Å². The number of carboxylic acid groups (broad SMARTS) is 1. The number of thioether (sulfide) groups is 1. The minimum absolute atomic E-state index is 0.222. The first-order chi connectivity index (χ1) is 14.6. The monoisotopic (exact) mass is 419 g/mol. The molecule has 0 spiro atoms. The number of aliphatic carboxylic acids is 1. The summed E-state index contributed by atoms with van der Waals surface area (Å²) in [5.41, 5.74) is 3.16. The van der Waals surface area contributed by atoms with Gasteiger partial charge >= 0.3 is 5.97 Å². The summed E-state index contributed by atoms with van der Waals surface area (Å²) in [6, 6.07) is 29.3. The average Bonchev–Trinajstić information content (AvgIpc) is 2.80. The molecule has 0 aliphatic heterocycles. The maximum atomic E-state index is 11.9. The number of carbonyl (C=O) groups excluding carboxylic acids is 1. The standard InChI is InChI=1S/C25H25NO3S/c1-2-23(27)26-22(24(28)29)18-30-25(19-12-6-3-7-13-19,20-14-8-4-9-15-20)21-16-10-5-11-17-21/h3-17,22H,2,18H2,1H3,(H,26,27)(H,28,29). The number of carboxylic acids is 1. The van der Waals surface area contributed by atoms with Crippen LogP contribution >= 0.6 is 11.8 Å². The van der Waals surface area contributed by atoms with Crippen molar-refractivity contribution < 1.29 is 14.7 Å². The molecule has 5 heteroatoms. The molecule has 4 nitrogen and oxygen atoms in total. The minimum Gasteiger partial charge on any atom is -0.480 e. The molecule has 0 aromatic heterocycles. The van der Waals surface area contributed by atoms with E-state index >= 15 is 0 Å². The van der Waals surface area contributed by atoms with E-state index in [0.29, 0.717) is 0 Å². The van der Waals surface area contributed by atoms with Crippen LogP contribution in [0.25, 0.3) is 0 Å². The van der Waals surface area contributed by atoms with Crippen LogP contribution in [0, 0.1) is 0 Å². The summed E-state index contributed by atoms with van der Waals surface area (Å²) in [5, 5.41) is 12.3. The second-order valence-corrected chi connectivity index (χ2v) is 8.14. The lowest BCUT2D eigenvalue weighted by atomic mass is 9.84. The van der Waals surface area contributed by atoms with E-state index in [1.807, 2.05) is 54.6 Å². The van der Waals surface area contributed by atoms with Gasteiger partial charge in [-0.1, -0.05) is 97.9 Å². The van der Waals surface area contributed by atoms with Crippen molar-refractivity contribution in [2.24, 2.45) is 0 Å². The summed E-state index contributed by atoms with van der Waals surface area (Å²) >= 11 is 1.52. The minimum atomic E-state index is -1.03. The van der Waals surface area contributed by atoms with Crippen LogP contribution in [0.15, 0.2) is 91.0 Å². The normalized spacial score (nSPS) is 12.2. The topological polar surface area (TPSA) is 66.4 Å². The molecule has 0 aliphatic rings. The van der Waals surface area contributed by atoms with Gasteiger partial charge in [-0.05, 0) is 16.7 Å². The number of amides is 1. The van der Waals surface area contributed by atoms with Gasteiger partial charge in [-0.15, -0.1) is 11.8 Å². The van der Waals surface area contributed by atoms with E-state index in [-0.39, 0.29) is 18.1 Å². The number of hydrogen-bond acceptors (Lipinski definition) is 3. The number of nitrogens with one attached hydrogen (secondary N) is 1. The van der Waals surface area contributed by atoms with Crippen molar-refractivity contribution in [1.82, 2.24) is 5.32 Å². The van der Waals surface area contributed by atoms with E-state index in [9.17, 15) is 14.7 Å². The SMILES string of the molecule is CCC(=O)NC(CSC(c1ccccc1)(c1ccccc1)c1ccccc1)C(=O)O. The van der Waals surface area contributed by atoms with Crippen LogP contribution in [0.3, 0.4) is 0 Å². The third kappa shape index (κ3) is 4.74. The Morgan fingerprint density at radius 3 is 1.57 bits per heavy atom. The van der Waals surface area contributed by atoms with Gasteiger partial charge in [-0.25, -0.2) is 4.79 Å². The molecule has 0 fully saturated rings. The molecular formula is C25H25NO3S. The van der Waals surface area contributed by atoms with Crippen LogP contribution in [-0.2, 0) is 14.3 Å². The van der Waals surface area contributed by atoms with Gasteiger partial charge in [0, 0.05) is 12.2 Å². The summed E-state index contributed by atoms with van der Waals surface area (Å²) in [6.45, 7) is 1.71. The second-order valence-electron chi connectivity index (χ2n) is 6.90.